The van der Waals surface area contributed by atoms with Crippen LogP contribution in [-0.2, 0) is 23.8 Å². The van der Waals surface area contributed by atoms with Gasteiger partial charge < -0.3 is 45.1 Å². The molecule has 1 aliphatic rings. The standard InChI is InChI=1S/C72H137NO10/c1-3-5-7-9-11-13-15-35-39-42-46-50-54-58-65(75)64(63-82-72-71(80)70(79)69(78)66(62-74)83-72)73-67(76)59-55-51-47-43-40-36-33-31-29-27-25-23-21-19-17-16-18-20-22-24-26-28-30-32-34-37-41-45-49-53-57-61-81-68(77)60-56-52-48-44-38-14-12-10-8-6-4-2/h18,20,54,58,64-66,69-72,74-75,78-80H,3-17,19,21-53,55-57,59-63H2,1-2H3,(H,73,76)/b20-18-,58-54+. The van der Waals surface area contributed by atoms with Gasteiger partial charge in [-0.2, -0.15) is 0 Å². The molecule has 0 bridgehead atoms. The number of aliphatic hydroxyl groups is 5. The summed E-state index contributed by atoms with van der Waals surface area (Å²) in [6.45, 7) is 4.38. The minimum absolute atomic E-state index is 0.00999. The second-order valence-corrected chi connectivity index (χ2v) is 25.3. The van der Waals surface area contributed by atoms with E-state index in [0.717, 1.165) is 51.4 Å². The van der Waals surface area contributed by atoms with E-state index in [-0.39, 0.29) is 18.5 Å². The van der Waals surface area contributed by atoms with Crippen molar-refractivity contribution in [2.24, 2.45) is 0 Å². The number of nitrogens with one attached hydrogen (secondary N) is 1. The first kappa shape index (κ1) is 79.2. The van der Waals surface area contributed by atoms with Gasteiger partial charge in [0.15, 0.2) is 6.29 Å². The first-order chi connectivity index (χ1) is 40.7. The quantitative estimate of drug-likeness (QED) is 0.0195. The van der Waals surface area contributed by atoms with Crippen LogP contribution in [0.25, 0.3) is 0 Å². The van der Waals surface area contributed by atoms with Crippen LogP contribution in [-0.4, -0.2) is 100 Å². The van der Waals surface area contributed by atoms with E-state index in [4.69, 9.17) is 14.2 Å². The molecule has 0 spiro atoms. The molecule has 1 aliphatic heterocycles. The average Bonchev–Trinajstić information content (AvgIpc) is 3.50. The van der Waals surface area contributed by atoms with Gasteiger partial charge in [0.05, 0.1) is 32.0 Å². The van der Waals surface area contributed by atoms with Crippen molar-refractivity contribution in [1.29, 1.82) is 0 Å². The Kier molecular flexibility index (Phi) is 58.9. The topological polar surface area (TPSA) is 175 Å². The fraction of sp³-hybridized carbons (Fsp3) is 0.917. The van der Waals surface area contributed by atoms with Gasteiger partial charge in [0.25, 0.3) is 0 Å². The highest BCUT2D eigenvalue weighted by atomic mass is 16.7. The van der Waals surface area contributed by atoms with Gasteiger partial charge in [-0.05, 0) is 57.8 Å². The lowest BCUT2D eigenvalue weighted by Gasteiger charge is -2.40. The third-order valence-corrected chi connectivity index (χ3v) is 17.3. The molecule has 1 amide bonds. The molecule has 6 N–H and O–H groups in total. The first-order valence-electron chi connectivity index (χ1n) is 36.1. The smallest absolute Gasteiger partial charge is 0.305 e. The molecule has 1 rings (SSSR count). The Balaban J connectivity index is 1.96. The zero-order valence-electron chi connectivity index (χ0n) is 54.4. The van der Waals surface area contributed by atoms with Gasteiger partial charge >= 0.3 is 5.97 Å². The molecule has 0 saturated carbocycles. The number of allylic oxidation sites excluding steroid dienone is 3. The molecular formula is C72H137NO10. The fourth-order valence-corrected chi connectivity index (χ4v) is 11.6. The summed E-state index contributed by atoms with van der Waals surface area (Å²) in [5.41, 5.74) is 0. The Labute approximate surface area is 511 Å². The third kappa shape index (κ3) is 50.8. The van der Waals surface area contributed by atoms with Crippen LogP contribution in [0.1, 0.15) is 361 Å². The third-order valence-electron chi connectivity index (χ3n) is 17.3. The number of unbranched alkanes of at least 4 members (excludes halogenated alkanes) is 48. The number of rotatable bonds is 64. The van der Waals surface area contributed by atoms with Crippen molar-refractivity contribution in [3.63, 3.8) is 0 Å². The van der Waals surface area contributed by atoms with Crippen LogP contribution in [0.3, 0.4) is 0 Å². The number of esters is 1. The normalized spacial score (nSPS) is 18.2. The maximum atomic E-state index is 13.1. The molecule has 83 heavy (non-hydrogen) atoms. The van der Waals surface area contributed by atoms with Gasteiger partial charge in [-0.15, -0.1) is 0 Å². The van der Waals surface area contributed by atoms with Crippen molar-refractivity contribution >= 4 is 11.9 Å². The zero-order chi connectivity index (χ0) is 60.2. The summed E-state index contributed by atoms with van der Waals surface area (Å²) >= 11 is 0. The van der Waals surface area contributed by atoms with Crippen molar-refractivity contribution in [3.8, 4) is 0 Å². The maximum absolute atomic E-state index is 13.1. The molecular weight excluding hydrogens is 1040 g/mol. The lowest BCUT2D eigenvalue weighted by molar-refractivity contribution is -0.302. The highest BCUT2D eigenvalue weighted by molar-refractivity contribution is 5.76. The monoisotopic (exact) mass is 1180 g/mol. The van der Waals surface area contributed by atoms with Gasteiger partial charge in [0.1, 0.15) is 24.4 Å². The van der Waals surface area contributed by atoms with E-state index in [9.17, 15) is 35.1 Å². The molecule has 1 saturated heterocycles. The minimum atomic E-state index is -1.57. The van der Waals surface area contributed by atoms with Crippen molar-refractivity contribution in [2.45, 2.75) is 403 Å². The Morgan fingerprint density at radius 1 is 0.434 bits per heavy atom. The van der Waals surface area contributed by atoms with E-state index in [1.807, 2.05) is 6.08 Å². The van der Waals surface area contributed by atoms with Crippen LogP contribution >= 0.6 is 0 Å². The molecule has 0 radical (unpaired) electrons. The van der Waals surface area contributed by atoms with E-state index in [1.54, 1.807) is 6.08 Å². The summed E-state index contributed by atoms with van der Waals surface area (Å²) in [7, 11) is 0. The SMILES string of the molecule is CCCCCCCCCCCCC/C=C/C(O)C(COC1OC(CO)C(O)C(O)C1O)NC(=O)CCCCCCCCCCCCCCCCC/C=C\CCCCCCCCCCCCCCOC(=O)CCCCCCCCCCCCC. The second kappa shape index (κ2) is 61.8. The Hall–Kier alpha value is -1.86. The van der Waals surface area contributed by atoms with E-state index < -0.39 is 49.5 Å². The highest BCUT2D eigenvalue weighted by Gasteiger charge is 2.44. The summed E-state index contributed by atoms with van der Waals surface area (Å²) < 4.78 is 16.7. The molecule has 0 aromatic carbocycles. The molecule has 11 nitrogen and oxygen atoms in total. The summed E-state index contributed by atoms with van der Waals surface area (Å²) in [6.07, 6.45) is 67.4. The Bertz CT molecular complexity index is 1430. The zero-order valence-corrected chi connectivity index (χ0v) is 54.4. The second-order valence-electron chi connectivity index (χ2n) is 25.3. The summed E-state index contributed by atoms with van der Waals surface area (Å²) in [5.74, 6) is -0.167. The van der Waals surface area contributed by atoms with Crippen LogP contribution < -0.4 is 5.32 Å². The van der Waals surface area contributed by atoms with Crippen molar-refractivity contribution in [3.05, 3.63) is 24.3 Å². The lowest BCUT2D eigenvalue weighted by Crippen LogP contribution is -2.60. The molecule has 0 aromatic rings. The number of carbonyl (C=O) groups is 2. The molecule has 1 heterocycles. The van der Waals surface area contributed by atoms with Gasteiger partial charge in [0, 0.05) is 12.8 Å². The molecule has 0 aromatic heterocycles. The highest BCUT2D eigenvalue weighted by Crippen LogP contribution is 2.23. The number of hydrogen-bond acceptors (Lipinski definition) is 10. The molecule has 1 fully saturated rings. The lowest BCUT2D eigenvalue weighted by atomic mass is 9.99. The minimum Gasteiger partial charge on any atom is -0.466 e. The van der Waals surface area contributed by atoms with Crippen LogP contribution in [0.2, 0.25) is 0 Å². The fourth-order valence-electron chi connectivity index (χ4n) is 11.6. The van der Waals surface area contributed by atoms with Crippen molar-refractivity contribution in [1.82, 2.24) is 5.32 Å². The largest absolute Gasteiger partial charge is 0.466 e. The number of amides is 1. The first-order valence-corrected chi connectivity index (χ1v) is 36.1. The number of aliphatic hydroxyl groups excluding tert-OH is 5. The van der Waals surface area contributed by atoms with Crippen LogP contribution in [0.4, 0.5) is 0 Å². The summed E-state index contributed by atoms with van der Waals surface area (Å²) in [5, 5.41) is 54.5. The van der Waals surface area contributed by atoms with E-state index >= 15 is 0 Å². The van der Waals surface area contributed by atoms with Crippen molar-refractivity contribution in [2.75, 3.05) is 19.8 Å². The maximum Gasteiger partial charge on any atom is 0.305 e. The van der Waals surface area contributed by atoms with Crippen molar-refractivity contribution < 1.29 is 49.3 Å². The van der Waals surface area contributed by atoms with Crippen LogP contribution in [0.15, 0.2) is 24.3 Å². The predicted molar refractivity (Wildman–Crippen MR) is 348 cm³/mol. The predicted octanol–water partition coefficient (Wildman–Crippen LogP) is 18.4. The Morgan fingerprint density at radius 2 is 0.771 bits per heavy atom. The number of carbonyl (C=O) groups excluding carboxylic acids is 2. The molecule has 7 atom stereocenters. The van der Waals surface area contributed by atoms with Crippen LogP contribution in [0.5, 0.6) is 0 Å². The van der Waals surface area contributed by atoms with E-state index in [1.165, 1.54) is 283 Å². The molecule has 11 heteroatoms. The summed E-state index contributed by atoms with van der Waals surface area (Å²) in [6, 6.07) is -0.808. The van der Waals surface area contributed by atoms with Crippen LogP contribution in [0, 0.1) is 0 Å². The Morgan fingerprint density at radius 3 is 1.16 bits per heavy atom. The van der Waals surface area contributed by atoms with Gasteiger partial charge in [-0.25, -0.2) is 0 Å². The molecule has 0 aliphatic carbocycles. The molecule has 490 valence electrons. The molecule has 7 unspecified atom stereocenters. The average molecular weight is 1180 g/mol. The summed E-state index contributed by atoms with van der Waals surface area (Å²) in [4.78, 5) is 25.1. The van der Waals surface area contributed by atoms with Gasteiger partial charge in [0.2, 0.25) is 5.91 Å². The van der Waals surface area contributed by atoms with E-state index in [2.05, 4.69) is 31.3 Å². The number of ether oxygens (including phenoxy) is 3. The van der Waals surface area contributed by atoms with Gasteiger partial charge in [-0.1, -0.05) is 314 Å². The number of hydrogen-bond donors (Lipinski definition) is 6. The van der Waals surface area contributed by atoms with E-state index in [0.29, 0.717) is 19.4 Å². The van der Waals surface area contributed by atoms with Gasteiger partial charge in [-0.3, -0.25) is 9.59 Å².